The average molecular weight is 394 g/mol. The summed E-state index contributed by atoms with van der Waals surface area (Å²) in [6.07, 6.45) is 4.79. The van der Waals surface area contributed by atoms with Crippen LogP contribution in [0.3, 0.4) is 0 Å². The second-order valence-electron chi connectivity index (χ2n) is 8.48. The summed E-state index contributed by atoms with van der Waals surface area (Å²) in [5.74, 6) is 3.79. The van der Waals surface area contributed by atoms with Crippen LogP contribution in [0.15, 0.2) is 48.5 Å². The van der Waals surface area contributed by atoms with Crippen molar-refractivity contribution in [3.05, 3.63) is 65.2 Å². The summed E-state index contributed by atoms with van der Waals surface area (Å²) in [5, 5.41) is 0. The molecule has 5 rings (SSSR count). The van der Waals surface area contributed by atoms with Crippen molar-refractivity contribution in [2.75, 3.05) is 11.5 Å². The molecule has 2 bridgehead atoms. The topological polar surface area (TPSA) is 29.5 Å². The smallest absolute Gasteiger partial charge is 0.254 e. The van der Waals surface area contributed by atoms with Gasteiger partial charge in [-0.25, -0.2) is 0 Å². The summed E-state index contributed by atoms with van der Waals surface area (Å²) in [7, 11) is 0. The molecule has 1 amide bonds. The van der Waals surface area contributed by atoms with E-state index in [1.807, 2.05) is 36.0 Å². The number of thioether (sulfide) groups is 1. The zero-order valence-electron chi connectivity index (χ0n) is 16.3. The second kappa shape index (κ2) is 7.47. The Balaban J connectivity index is 1.27. The summed E-state index contributed by atoms with van der Waals surface area (Å²) in [5.41, 5.74) is 3.54. The Morgan fingerprint density at radius 3 is 2.18 bits per heavy atom. The van der Waals surface area contributed by atoms with E-state index in [0.717, 1.165) is 48.5 Å². The number of nitrogens with zero attached hydrogens (tertiary/aromatic N) is 1. The van der Waals surface area contributed by atoms with E-state index in [1.165, 1.54) is 11.1 Å². The molecule has 3 heterocycles. The fourth-order valence-corrected chi connectivity index (χ4v) is 5.48. The van der Waals surface area contributed by atoms with Crippen molar-refractivity contribution in [2.45, 2.75) is 56.7 Å². The minimum atomic E-state index is 0.195. The zero-order valence-corrected chi connectivity index (χ0v) is 17.2. The summed E-state index contributed by atoms with van der Waals surface area (Å²) in [6.45, 7) is 2.14. The lowest BCUT2D eigenvalue weighted by atomic mass is 9.84. The molecule has 146 valence electrons. The molecule has 0 unspecified atom stereocenters. The molecule has 0 aliphatic carbocycles. The van der Waals surface area contributed by atoms with Gasteiger partial charge >= 0.3 is 0 Å². The van der Waals surface area contributed by atoms with Gasteiger partial charge < -0.3 is 9.64 Å². The van der Waals surface area contributed by atoms with Gasteiger partial charge in [-0.3, -0.25) is 4.79 Å². The van der Waals surface area contributed by atoms with Crippen molar-refractivity contribution in [1.29, 1.82) is 0 Å². The minimum absolute atomic E-state index is 0.195. The Morgan fingerprint density at radius 1 is 0.964 bits per heavy atom. The van der Waals surface area contributed by atoms with Gasteiger partial charge in [0.05, 0.1) is 0 Å². The third kappa shape index (κ3) is 3.43. The third-order valence-corrected chi connectivity index (χ3v) is 7.74. The van der Waals surface area contributed by atoms with Crippen LogP contribution in [0.5, 0.6) is 5.75 Å². The van der Waals surface area contributed by atoms with Crippen LogP contribution >= 0.6 is 11.8 Å². The van der Waals surface area contributed by atoms with Gasteiger partial charge in [0.25, 0.3) is 5.91 Å². The molecule has 3 fully saturated rings. The van der Waals surface area contributed by atoms with Gasteiger partial charge in [0.2, 0.25) is 0 Å². The van der Waals surface area contributed by atoms with Gasteiger partial charge in [-0.1, -0.05) is 29.8 Å². The first-order valence-corrected chi connectivity index (χ1v) is 11.6. The largest absolute Gasteiger partial charge is 0.489 e. The van der Waals surface area contributed by atoms with Crippen LogP contribution in [-0.4, -0.2) is 40.5 Å². The number of carbonyl (C=O) groups is 1. The summed E-state index contributed by atoms with van der Waals surface area (Å²) in [6, 6.07) is 17.5. The first kappa shape index (κ1) is 18.1. The Bertz CT molecular complexity index is 830. The Hall–Kier alpha value is -1.94. The summed E-state index contributed by atoms with van der Waals surface area (Å²) in [4.78, 5) is 15.4. The molecule has 3 nitrogen and oxygen atoms in total. The van der Waals surface area contributed by atoms with Crippen molar-refractivity contribution in [1.82, 2.24) is 4.90 Å². The molecular weight excluding hydrogens is 366 g/mol. The van der Waals surface area contributed by atoms with E-state index in [9.17, 15) is 4.79 Å². The van der Waals surface area contributed by atoms with Gasteiger partial charge in [0.1, 0.15) is 11.9 Å². The van der Waals surface area contributed by atoms with Gasteiger partial charge in [-0.05, 0) is 68.4 Å². The summed E-state index contributed by atoms with van der Waals surface area (Å²) >= 11 is 1.91. The van der Waals surface area contributed by atoms with Crippen LogP contribution in [0.25, 0.3) is 0 Å². The van der Waals surface area contributed by atoms with Crippen molar-refractivity contribution in [2.24, 2.45) is 0 Å². The van der Waals surface area contributed by atoms with Crippen LogP contribution in [0.2, 0.25) is 0 Å². The van der Waals surface area contributed by atoms with Gasteiger partial charge in [-0.15, -0.1) is 0 Å². The van der Waals surface area contributed by atoms with Crippen LogP contribution in [-0.2, 0) is 0 Å². The predicted molar refractivity (Wildman–Crippen MR) is 114 cm³/mol. The number of hydrogen-bond acceptors (Lipinski definition) is 3. The van der Waals surface area contributed by atoms with Gasteiger partial charge in [0.15, 0.2) is 0 Å². The molecule has 28 heavy (non-hydrogen) atoms. The highest BCUT2D eigenvalue weighted by Gasteiger charge is 2.43. The van der Waals surface area contributed by atoms with Crippen molar-refractivity contribution in [3.8, 4) is 5.75 Å². The molecule has 0 aromatic heterocycles. The number of benzene rings is 2. The first-order chi connectivity index (χ1) is 13.7. The fraction of sp³-hybridized carbons (Fsp3) is 0.458. The lowest BCUT2D eigenvalue weighted by Crippen LogP contribution is -2.46. The monoisotopic (exact) mass is 393 g/mol. The van der Waals surface area contributed by atoms with E-state index in [-0.39, 0.29) is 5.91 Å². The van der Waals surface area contributed by atoms with Crippen LogP contribution in [0.4, 0.5) is 0 Å². The normalized spacial score (nSPS) is 26.8. The van der Waals surface area contributed by atoms with E-state index in [4.69, 9.17) is 4.74 Å². The van der Waals surface area contributed by atoms with Crippen molar-refractivity contribution < 1.29 is 9.53 Å². The number of rotatable bonds is 4. The number of aryl methyl sites for hydroxylation is 1. The zero-order chi connectivity index (χ0) is 19.1. The number of carbonyl (C=O) groups excluding carboxylic acids is 1. The third-order valence-electron chi connectivity index (χ3n) is 6.53. The highest BCUT2D eigenvalue weighted by atomic mass is 32.2. The Labute approximate surface area is 171 Å². The lowest BCUT2D eigenvalue weighted by molar-refractivity contribution is 0.0571. The molecule has 3 aliphatic rings. The number of amides is 1. The maximum absolute atomic E-state index is 13.2. The van der Waals surface area contributed by atoms with E-state index in [1.54, 1.807) is 0 Å². The maximum atomic E-state index is 13.2. The lowest BCUT2D eigenvalue weighted by Gasteiger charge is -2.39. The number of fused-ring (bicyclic) bond motifs is 2. The minimum Gasteiger partial charge on any atom is -0.489 e. The van der Waals surface area contributed by atoms with Crippen LogP contribution in [0, 0.1) is 6.92 Å². The molecule has 4 heteroatoms. The molecule has 0 N–H and O–H groups in total. The van der Waals surface area contributed by atoms with E-state index in [0.29, 0.717) is 24.1 Å². The van der Waals surface area contributed by atoms with Gasteiger partial charge in [-0.2, -0.15) is 11.8 Å². The molecule has 3 aliphatic heterocycles. The number of hydrogen-bond donors (Lipinski definition) is 0. The molecule has 2 atom stereocenters. The highest BCUT2D eigenvalue weighted by molar-refractivity contribution is 8.00. The molecule has 0 spiro atoms. The Kier molecular flexibility index (Phi) is 4.83. The van der Waals surface area contributed by atoms with Crippen LogP contribution < -0.4 is 4.74 Å². The molecule has 2 aromatic rings. The molecule has 2 aromatic carbocycles. The average Bonchev–Trinajstić information content (AvgIpc) is 2.94. The summed E-state index contributed by atoms with van der Waals surface area (Å²) < 4.78 is 5.91. The van der Waals surface area contributed by atoms with Crippen LogP contribution in [0.1, 0.15) is 53.1 Å². The standard InChI is InChI=1S/C24H27NO2S/c1-16-2-4-17(5-3-16)19-12-20-8-9-21(13-19)25(20)24(26)18-6-10-22(11-7-18)27-23-14-28-15-23/h2-7,10-11,19-21,23H,8-9,12-15H2,1H3/t20-,21-/m0/s1. The van der Waals surface area contributed by atoms with E-state index < -0.39 is 0 Å². The quantitative estimate of drug-likeness (QED) is 0.729. The highest BCUT2D eigenvalue weighted by Crippen LogP contribution is 2.43. The maximum Gasteiger partial charge on any atom is 0.254 e. The SMILES string of the molecule is Cc1ccc(C2C[C@@H]3CC[C@@H](C2)N3C(=O)c2ccc(OC3CSC3)cc2)cc1. The number of piperidine rings is 1. The van der Waals surface area contributed by atoms with Crippen molar-refractivity contribution in [3.63, 3.8) is 0 Å². The van der Waals surface area contributed by atoms with E-state index >= 15 is 0 Å². The first-order valence-electron chi connectivity index (χ1n) is 10.4. The predicted octanol–water partition coefficient (Wildman–Crippen LogP) is 5.04. The Morgan fingerprint density at radius 2 is 1.61 bits per heavy atom. The van der Waals surface area contributed by atoms with E-state index in [2.05, 4.69) is 36.1 Å². The molecule has 0 radical (unpaired) electrons. The fourth-order valence-electron chi connectivity index (χ4n) is 4.92. The van der Waals surface area contributed by atoms with Crippen molar-refractivity contribution >= 4 is 17.7 Å². The second-order valence-corrected chi connectivity index (χ2v) is 9.55. The molecular formula is C24H27NO2S. The molecule has 3 saturated heterocycles. The van der Waals surface area contributed by atoms with Gasteiger partial charge in [0, 0.05) is 29.2 Å². The number of ether oxygens (including phenoxy) is 1. The molecule has 0 saturated carbocycles.